The van der Waals surface area contributed by atoms with Crippen molar-refractivity contribution in [1.29, 1.82) is 0 Å². The summed E-state index contributed by atoms with van der Waals surface area (Å²) in [5.74, 6) is 0. The normalized spacial score (nSPS) is 13.1. The van der Waals surface area contributed by atoms with Crippen molar-refractivity contribution in [2.45, 2.75) is 46.3 Å². The van der Waals surface area contributed by atoms with Gasteiger partial charge in [-0.2, -0.15) is 0 Å². The number of aldehydes is 1. The lowest BCUT2D eigenvalue weighted by atomic mass is 10.2. The van der Waals surface area contributed by atoms with Gasteiger partial charge in [-0.05, 0) is 33.8 Å². The number of nitrogens with zero attached hydrogens (tertiary/aromatic N) is 2. The standard InChI is InChI=1S/C21H33N2O5P/c1-17(2)23(18(3)4)29(25)28-14-13-27-12-11-26-10-9-22-15-19(16-24)20-7-5-6-8-21(20)22/h5-8,15-18,25H,9-14H2,1-4H3. The van der Waals surface area contributed by atoms with E-state index in [9.17, 15) is 9.69 Å². The quantitative estimate of drug-likeness (QED) is 0.282. The highest BCUT2D eigenvalue weighted by Gasteiger charge is 2.23. The molecule has 1 unspecified atom stereocenters. The summed E-state index contributed by atoms with van der Waals surface area (Å²) < 4.78 is 20.6. The fourth-order valence-corrected chi connectivity index (χ4v) is 4.44. The first-order chi connectivity index (χ1) is 14.0. The van der Waals surface area contributed by atoms with Gasteiger partial charge < -0.3 is 23.5 Å². The molecule has 8 heteroatoms. The molecule has 2 aromatic rings. The van der Waals surface area contributed by atoms with Crippen LogP contribution in [0.3, 0.4) is 0 Å². The Balaban J connectivity index is 1.59. The number of fused-ring (bicyclic) bond motifs is 1. The molecule has 0 saturated heterocycles. The number of aromatic nitrogens is 1. The number of ether oxygens (including phenoxy) is 2. The topological polar surface area (TPSA) is 73.2 Å². The fraction of sp³-hybridized carbons (Fsp3) is 0.571. The van der Waals surface area contributed by atoms with Gasteiger partial charge in [-0.3, -0.25) is 4.79 Å². The Labute approximate surface area is 174 Å². The maximum atomic E-state index is 11.2. The minimum absolute atomic E-state index is 0.223. The summed E-state index contributed by atoms with van der Waals surface area (Å²) in [7, 11) is -1.60. The third-order valence-electron chi connectivity index (χ3n) is 4.49. The highest BCUT2D eigenvalue weighted by Crippen LogP contribution is 2.40. The maximum Gasteiger partial charge on any atom is 0.256 e. The minimum Gasteiger partial charge on any atom is -0.377 e. The molecule has 1 atom stereocenters. The number of hydrogen-bond donors (Lipinski definition) is 1. The van der Waals surface area contributed by atoms with Gasteiger partial charge in [0.2, 0.25) is 0 Å². The van der Waals surface area contributed by atoms with Gasteiger partial charge in [0.25, 0.3) is 8.53 Å². The van der Waals surface area contributed by atoms with E-state index in [2.05, 4.69) is 0 Å². The molecule has 0 fully saturated rings. The Morgan fingerprint density at radius 3 is 2.31 bits per heavy atom. The van der Waals surface area contributed by atoms with Crippen LogP contribution in [0, 0.1) is 0 Å². The monoisotopic (exact) mass is 424 g/mol. The smallest absolute Gasteiger partial charge is 0.256 e. The lowest BCUT2D eigenvalue weighted by molar-refractivity contribution is 0.0327. The van der Waals surface area contributed by atoms with E-state index in [1.807, 2.05) is 67.4 Å². The van der Waals surface area contributed by atoms with Crippen LogP contribution in [0.5, 0.6) is 0 Å². The SMILES string of the molecule is CC(C)N(C(C)C)P(O)OCCOCCOCCn1cc(C=O)c2ccccc21. The Morgan fingerprint density at radius 1 is 1.03 bits per heavy atom. The molecule has 1 aromatic carbocycles. The van der Waals surface area contributed by atoms with Gasteiger partial charge in [-0.1, -0.05) is 18.2 Å². The Morgan fingerprint density at radius 2 is 1.66 bits per heavy atom. The summed E-state index contributed by atoms with van der Waals surface area (Å²) in [4.78, 5) is 21.4. The molecule has 0 bridgehead atoms. The Bertz CT molecular complexity index is 742. The van der Waals surface area contributed by atoms with Crippen LogP contribution in [0.25, 0.3) is 10.9 Å². The molecule has 1 aromatic heterocycles. The molecular weight excluding hydrogens is 391 g/mol. The molecule has 0 spiro atoms. The molecule has 0 radical (unpaired) electrons. The Hall–Kier alpha value is -1.34. The van der Waals surface area contributed by atoms with E-state index in [4.69, 9.17) is 14.0 Å². The van der Waals surface area contributed by atoms with Gasteiger partial charge >= 0.3 is 0 Å². The third kappa shape index (κ3) is 7.14. The van der Waals surface area contributed by atoms with Crippen LogP contribution in [0.15, 0.2) is 30.5 Å². The van der Waals surface area contributed by atoms with Crippen molar-refractivity contribution in [3.05, 3.63) is 36.0 Å². The molecule has 0 saturated carbocycles. The molecule has 29 heavy (non-hydrogen) atoms. The van der Waals surface area contributed by atoms with Crippen molar-refractivity contribution in [3.63, 3.8) is 0 Å². The number of benzene rings is 1. The maximum absolute atomic E-state index is 11.2. The molecule has 7 nitrogen and oxygen atoms in total. The lowest BCUT2D eigenvalue weighted by Gasteiger charge is -2.32. The zero-order valence-electron chi connectivity index (χ0n) is 17.8. The molecule has 2 rings (SSSR count). The average molecular weight is 424 g/mol. The second kappa shape index (κ2) is 12.4. The summed E-state index contributed by atoms with van der Waals surface area (Å²) >= 11 is 0. The van der Waals surface area contributed by atoms with Gasteiger partial charge in [-0.15, -0.1) is 0 Å². The van der Waals surface area contributed by atoms with Crippen LogP contribution >= 0.6 is 8.53 Å². The van der Waals surface area contributed by atoms with Gasteiger partial charge in [0.05, 0.1) is 33.0 Å². The van der Waals surface area contributed by atoms with E-state index in [1.165, 1.54) is 0 Å². The van der Waals surface area contributed by atoms with Crippen LogP contribution in [0.1, 0.15) is 38.1 Å². The summed E-state index contributed by atoms with van der Waals surface area (Å²) in [6.07, 6.45) is 2.75. The number of rotatable bonds is 14. The molecule has 1 N–H and O–H groups in total. The average Bonchev–Trinajstić information content (AvgIpc) is 3.04. The van der Waals surface area contributed by atoms with Gasteiger partial charge in [0.15, 0.2) is 6.29 Å². The van der Waals surface area contributed by atoms with E-state index in [0.717, 1.165) is 17.2 Å². The first kappa shape index (κ1) is 23.9. The van der Waals surface area contributed by atoms with E-state index < -0.39 is 8.53 Å². The van der Waals surface area contributed by atoms with Crippen molar-refractivity contribution in [1.82, 2.24) is 9.24 Å². The van der Waals surface area contributed by atoms with Gasteiger partial charge in [-0.25, -0.2) is 4.67 Å². The second-order valence-electron chi connectivity index (χ2n) is 7.29. The van der Waals surface area contributed by atoms with Crippen LogP contribution in [0.4, 0.5) is 0 Å². The largest absolute Gasteiger partial charge is 0.377 e. The van der Waals surface area contributed by atoms with Crippen molar-refractivity contribution in [2.24, 2.45) is 0 Å². The zero-order valence-corrected chi connectivity index (χ0v) is 18.7. The van der Waals surface area contributed by atoms with Crippen molar-refractivity contribution in [2.75, 3.05) is 33.0 Å². The molecule has 0 aliphatic heterocycles. The van der Waals surface area contributed by atoms with Crippen LogP contribution in [-0.2, 0) is 20.5 Å². The first-order valence-corrected chi connectivity index (χ1v) is 11.2. The molecular formula is C21H33N2O5P. The van der Waals surface area contributed by atoms with Crippen molar-refractivity contribution >= 4 is 25.7 Å². The number of para-hydroxylation sites is 1. The third-order valence-corrected chi connectivity index (χ3v) is 6.22. The predicted molar refractivity (Wildman–Crippen MR) is 116 cm³/mol. The van der Waals surface area contributed by atoms with Crippen molar-refractivity contribution in [3.8, 4) is 0 Å². The lowest BCUT2D eigenvalue weighted by Crippen LogP contribution is -2.33. The molecule has 0 aliphatic rings. The summed E-state index contributed by atoms with van der Waals surface area (Å²) in [5.41, 5.74) is 1.73. The summed E-state index contributed by atoms with van der Waals surface area (Å²) in [5, 5.41) is 0.961. The predicted octanol–water partition coefficient (Wildman–Crippen LogP) is 3.84. The fourth-order valence-electron chi connectivity index (χ4n) is 3.27. The number of hydrogen-bond acceptors (Lipinski definition) is 6. The molecule has 0 aliphatic carbocycles. The van der Waals surface area contributed by atoms with Crippen LogP contribution in [-0.4, -0.2) is 65.5 Å². The van der Waals surface area contributed by atoms with E-state index in [1.54, 1.807) is 0 Å². The minimum atomic E-state index is -1.60. The van der Waals surface area contributed by atoms with Crippen molar-refractivity contribution < 1.29 is 23.7 Å². The van der Waals surface area contributed by atoms with E-state index in [0.29, 0.717) is 45.1 Å². The van der Waals surface area contributed by atoms with Crippen LogP contribution < -0.4 is 0 Å². The highest BCUT2D eigenvalue weighted by molar-refractivity contribution is 7.43. The number of carbonyl (C=O) groups excluding carboxylic acids is 1. The first-order valence-electron chi connectivity index (χ1n) is 10.0. The van der Waals surface area contributed by atoms with E-state index in [-0.39, 0.29) is 12.1 Å². The van der Waals surface area contributed by atoms with Gasteiger partial charge in [0, 0.05) is 41.3 Å². The molecule has 0 amide bonds. The molecule has 162 valence electrons. The number of carbonyl (C=O) groups is 1. The Kier molecular flexibility index (Phi) is 10.2. The van der Waals surface area contributed by atoms with Crippen LogP contribution in [0.2, 0.25) is 0 Å². The molecule has 1 heterocycles. The summed E-state index contributed by atoms with van der Waals surface area (Å²) in [6.45, 7) is 11.1. The highest BCUT2D eigenvalue weighted by atomic mass is 31.2. The van der Waals surface area contributed by atoms with E-state index >= 15 is 0 Å². The zero-order chi connectivity index (χ0) is 21.2. The summed E-state index contributed by atoms with van der Waals surface area (Å²) in [6, 6.07) is 8.29. The van der Waals surface area contributed by atoms with Gasteiger partial charge in [0.1, 0.15) is 0 Å². The second-order valence-corrected chi connectivity index (χ2v) is 8.52.